The zero-order valence-electron chi connectivity index (χ0n) is 31.9. The summed E-state index contributed by atoms with van der Waals surface area (Å²) in [4.78, 5) is 53.6. The number of nitrogens with zero attached hydrogens (tertiary/aromatic N) is 3. The molecule has 0 aromatic heterocycles. The Morgan fingerprint density at radius 2 is 1.39 bits per heavy atom. The lowest BCUT2D eigenvalue weighted by Gasteiger charge is -2.27. The number of unbranched alkanes of at least 4 members (excludes halogenated alkanes) is 4. The average molecular weight is 815 g/mol. The minimum Gasteiger partial charge on any atom is -0.481 e. The largest absolute Gasteiger partial charge is 0.481 e. The van der Waals surface area contributed by atoms with Crippen molar-refractivity contribution in [2.45, 2.75) is 113 Å². The van der Waals surface area contributed by atoms with Gasteiger partial charge >= 0.3 is 11.9 Å². The molecular formula is C39H48N3O12S2+. The number of hydrogen-bond acceptors (Lipinski definition) is 10. The first kappa shape index (κ1) is 42.4. The van der Waals surface area contributed by atoms with Crippen molar-refractivity contribution in [2.24, 2.45) is 0 Å². The summed E-state index contributed by atoms with van der Waals surface area (Å²) in [6.45, 7) is 8.79. The number of rotatable bonds is 17. The zero-order valence-corrected chi connectivity index (χ0v) is 33.5. The van der Waals surface area contributed by atoms with Crippen LogP contribution in [0.15, 0.2) is 70.1 Å². The van der Waals surface area contributed by atoms with E-state index in [2.05, 4.69) is 9.48 Å². The second kappa shape index (κ2) is 16.4. The van der Waals surface area contributed by atoms with Gasteiger partial charge in [-0.1, -0.05) is 26.3 Å². The van der Waals surface area contributed by atoms with Crippen LogP contribution < -0.4 is 4.90 Å². The predicted octanol–water partition coefficient (Wildman–Crippen LogP) is 5.61. The van der Waals surface area contributed by atoms with Gasteiger partial charge in [-0.15, -0.1) is 5.06 Å². The molecule has 17 heteroatoms. The van der Waals surface area contributed by atoms with E-state index in [-0.39, 0.29) is 35.5 Å². The molecule has 2 aromatic carbocycles. The molecule has 302 valence electrons. The zero-order chi connectivity index (χ0) is 41.2. The van der Waals surface area contributed by atoms with Gasteiger partial charge in [0, 0.05) is 73.2 Å². The highest BCUT2D eigenvalue weighted by molar-refractivity contribution is 7.86. The highest BCUT2D eigenvalue weighted by Gasteiger charge is 2.45. The van der Waals surface area contributed by atoms with Crippen LogP contribution in [0, 0.1) is 0 Å². The Morgan fingerprint density at radius 3 is 2.02 bits per heavy atom. The predicted molar refractivity (Wildman–Crippen MR) is 205 cm³/mol. The molecule has 1 saturated heterocycles. The molecule has 15 nitrogen and oxygen atoms in total. The van der Waals surface area contributed by atoms with Gasteiger partial charge in [0.2, 0.25) is 5.69 Å². The minimum absolute atomic E-state index is 0.000860. The van der Waals surface area contributed by atoms with Gasteiger partial charge in [-0.05, 0) is 81.5 Å². The number of fused-ring (bicyclic) bond motifs is 2. The normalized spacial score (nSPS) is 18.4. The number of carboxylic acid groups (broad SMARTS) is 1. The number of aliphatic carboxylic acids is 1. The number of imide groups is 1. The van der Waals surface area contributed by atoms with Gasteiger partial charge in [0.15, 0.2) is 5.71 Å². The highest BCUT2D eigenvalue weighted by Crippen LogP contribution is 2.49. The first-order chi connectivity index (χ1) is 26.1. The van der Waals surface area contributed by atoms with E-state index in [1.807, 2.05) is 45.9 Å². The number of carboxylic acids is 1. The van der Waals surface area contributed by atoms with Crippen LogP contribution in [-0.2, 0) is 55.1 Å². The molecule has 0 radical (unpaired) electrons. The van der Waals surface area contributed by atoms with Crippen LogP contribution in [0.2, 0.25) is 0 Å². The van der Waals surface area contributed by atoms with Gasteiger partial charge in [-0.3, -0.25) is 23.5 Å². The Kier molecular flexibility index (Phi) is 12.4. The number of anilines is 1. The number of hydroxylamine groups is 2. The SMILES string of the molecule is CC1(C)C(=CC=CC2=[N+](CCCCCC(=O)O)c3ccc(S(=O)(=O)O)cc3C2(C)C)N(CCCCCC(=O)ON2C(=O)CCC2=O)c2ccc(S(=O)(=O)O)cc21. The number of hydrogen-bond donors (Lipinski definition) is 3. The molecule has 0 atom stereocenters. The Labute approximate surface area is 326 Å². The molecule has 0 unspecified atom stereocenters. The fourth-order valence-corrected chi connectivity index (χ4v) is 8.60. The standard InChI is InChI=1S/C39H47N3O12S2/c1-38(2)28-24-26(55(48,49)50)16-18-30(28)40(22-9-5-7-14-36(45)46)32(38)12-11-13-33-39(3,4)29-25-27(56(51,52)53)17-19-31(29)41(33)23-10-6-8-15-37(47)54-42-34(43)20-21-35(42)44/h11-13,16-19,24-25H,5-10,14-15,20-23H2,1-4H3,(H2-,45,46,48,49,50,51,52,53)/p+1. The van der Waals surface area contributed by atoms with Crippen LogP contribution in [0.1, 0.15) is 103 Å². The molecule has 0 spiro atoms. The molecule has 0 saturated carbocycles. The van der Waals surface area contributed by atoms with Gasteiger partial charge in [-0.2, -0.15) is 21.4 Å². The Morgan fingerprint density at radius 1 is 0.804 bits per heavy atom. The van der Waals surface area contributed by atoms with Crippen LogP contribution in [0.4, 0.5) is 11.4 Å². The smallest absolute Gasteiger partial charge is 0.333 e. The fraction of sp³-hybridized carbons (Fsp3) is 0.462. The maximum absolute atomic E-state index is 12.3. The number of allylic oxidation sites excluding steroid dienone is 4. The van der Waals surface area contributed by atoms with E-state index in [1.165, 1.54) is 24.3 Å². The summed E-state index contributed by atoms with van der Waals surface area (Å²) in [5.41, 5.74) is 3.11. The van der Waals surface area contributed by atoms with Crippen LogP contribution in [-0.4, -0.2) is 83.2 Å². The molecule has 3 heterocycles. The van der Waals surface area contributed by atoms with Crippen LogP contribution >= 0.6 is 0 Å². The molecule has 2 aromatic rings. The molecule has 0 bridgehead atoms. The molecule has 5 rings (SSSR count). The summed E-state index contributed by atoms with van der Waals surface area (Å²) in [5, 5.41) is 9.61. The van der Waals surface area contributed by atoms with Gasteiger partial charge in [0.25, 0.3) is 32.1 Å². The van der Waals surface area contributed by atoms with E-state index >= 15 is 0 Å². The summed E-state index contributed by atoms with van der Waals surface area (Å²) < 4.78 is 70.2. The van der Waals surface area contributed by atoms with Gasteiger partial charge in [0.05, 0.1) is 15.2 Å². The third kappa shape index (κ3) is 9.12. The van der Waals surface area contributed by atoms with Crippen molar-refractivity contribution >= 4 is 61.1 Å². The van der Waals surface area contributed by atoms with Crippen LogP contribution in [0.5, 0.6) is 0 Å². The molecule has 3 aliphatic rings. The monoisotopic (exact) mass is 814 g/mol. The van der Waals surface area contributed by atoms with Crippen molar-refractivity contribution in [3.8, 4) is 0 Å². The maximum atomic E-state index is 12.3. The topological polar surface area (TPSA) is 216 Å². The van der Waals surface area contributed by atoms with E-state index in [1.54, 1.807) is 12.1 Å². The van der Waals surface area contributed by atoms with Gasteiger partial charge < -0.3 is 14.8 Å². The lowest BCUT2D eigenvalue weighted by atomic mass is 9.81. The lowest BCUT2D eigenvalue weighted by Crippen LogP contribution is -2.32. The number of amides is 2. The molecular weight excluding hydrogens is 767 g/mol. The van der Waals surface area contributed by atoms with Crippen molar-refractivity contribution in [1.29, 1.82) is 0 Å². The number of carbonyl (C=O) groups excluding carboxylic acids is 3. The van der Waals surface area contributed by atoms with Crippen LogP contribution in [0.25, 0.3) is 0 Å². The minimum atomic E-state index is -4.49. The first-order valence-corrected chi connectivity index (χ1v) is 21.4. The molecule has 56 heavy (non-hydrogen) atoms. The van der Waals surface area contributed by atoms with Crippen molar-refractivity contribution in [1.82, 2.24) is 5.06 Å². The lowest BCUT2D eigenvalue weighted by molar-refractivity contribution is -0.438. The third-order valence-corrected chi connectivity index (χ3v) is 12.3. The van der Waals surface area contributed by atoms with E-state index in [0.29, 0.717) is 67.8 Å². The molecule has 1 fully saturated rings. The highest BCUT2D eigenvalue weighted by atomic mass is 32.2. The quantitative estimate of drug-likeness (QED) is 0.0768. The molecule has 2 amide bonds. The molecule has 3 N–H and O–H groups in total. The molecule has 0 aliphatic carbocycles. The van der Waals surface area contributed by atoms with E-state index < -0.39 is 54.8 Å². The summed E-state index contributed by atoms with van der Waals surface area (Å²) in [6, 6.07) is 8.94. The Bertz CT molecular complexity index is 2240. The molecule has 3 aliphatic heterocycles. The number of benzene rings is 2. The Hall–Kier alpha value is -4.71. The number of carbonyl (C=O) groups is 4. The van der Waals surface area contributed by atoms with E-state index in [9.17, 15) is 45.1 Å². The van der Waals surface area contributed by atoms with Crippen molar-refractivity contribution in [3.63, 3.8) is 0 Å². The summed E-state index contributed by atoms with van der Waals surface area (Å²) in [6.07, 6.45) is 9.27. The van der Waals surface area contributed by atoms with Gasteiger partial charge in [0.1, 0.15) is 6.54 Å². The first-order valence-electron chi connectivity index (χ1n) is 18.5. The van der Waals surface area contributed by atoms with Crippen molar-refractivity contribution in [3.05, 3.63) is 71.5 Å². The van der Waals surface area contributed by atoms with Crippen LogP contribution in [0.3, 0.4) is 0 Å². The van der Waals surface area contributed by atoms with E-state index in [4.69, 9.17) is 9.94 Å². The second-order valence-electron chi connectivity index (χ2n) is 15.2. The summed E-state index contributed by atoms with van der Waals surface area (Å²) in [5.74, 6) is -2.64. The summed E-state index contributed by atoms with van der Waals surface area (Å²) >= 11 is 0. The third-order valence-electron chi connectivity index (χ3n) is 10.6. The van der Waals surface area contributed by atoms with Crippen molar-refractivity contribution in [2.75, 3.05) is 18.0 Å². The fourth-order valence-electron chi connectivity index (χ4n) is 7.59. The second-order valence-corrected chi connectivity index (χ2v) is 18.1. The summed E-state index contributed by atoms with van der Waals surface area (Å²) in [7, 11) is -8.96. The van der Waals surface area contributed by atoms with E-state index in [0.717, 1.165) is 22.8 Å². The average Bonchev–Trinajstić information content (AvgIpc) is 3.62. The maximum Gasteiger partial charge on any atom is 0.333 e. The Balaban J connectivity index is 1.42. The van der Waals surface area contributed by atoms with Crippen molar-refractivity contribution < 1.29 is 59.6 Å². The van der Waals surface area contributed by atoms with Gasteiger partial charge in [-0.25, -0.2) is 4.79 Å².